The van der Waals surface area contributed by atoms with Crippen LogP contribution in [0.2, 0.25) is 0 Å². The molecule has 0 saturated heterocycles. The van der Waals surface area contributed by atoms with Crippen molar-refractivity contribution >= 4 is 5.97 Å². The molecular weight excluding hydrogens is 204 g/mol. The van der Waals surface area contributed by atoms with Gasteiger partial charge >= 0.3 is 5.97 Å². The van der Waals surface area contributed by atoms with Crippen molar-refractivity contribution in [3.8, 4) is 0 Å². The summed E-state index contributed by atoms with van der Waals surface area (Å²) in [6.45, 7) is 2.86. The van der Waals surface area contributed by atoms with E-state index in [0.717, 1.165) is 18.4 Å². The van der Waals surface area contributed by atoms with Crippen molar-refractivity contribution < 1.29 is 14.6 Å². The second kappa shape index (κ2) is 4.26. The minimum absolute atomic E-state index is 0.330. The molecule has 3 nitrogen and oxygen atoms in total. The lowest BCUT2D eigenvalue weighted by Gasteiger charge is -2.10. The van der Waals surface area contributed by atoms with Gasteiger partial charge in [-0.1, -0.05) is 29.8 Å². The number of aryl methyl sites for hydroxylation is 1. The minimum atomic E-state index is -0.726. The molecule has 0 aliphatic heterocycles. The topological polar surface area (TPSA) is 46.5 Å². The third-order valence-corrected chi connectivity index (χ3v) is 3.07. The molecule has 1 fully saturated rings. The molecule has 0 spiro atoms. The van der Waals surface area contributed by atoms with Gasteiger partial charge in [-0.05, 0) is 25.3 Å². The van der Waals surface area contributed by atoms with Gasteiger partial charge in [0.25, 0.3) is 0 Å². The van der Waals surface area contributed by atoms with Gasteiger partial charge in [-0.2, -0.15) is 0 Å². The monoisotopic (exact) mass is 220 g/mol. The lowest BCUT2D eigenvalue weighted by Crippen LogP contribution is -2.21. The fourth-order valence-corrected chi connectivity index (χ4v) is 1.62. The molecule has 0 atom stereocenters. The van der Waals surface area contributed by atoms with Crippen molar-refractivity contribution in [2.75, 3.05) is 6.61 Å². The molecule has 0 heterocycles. The number of ether oxygens (including phenoxy) is 1. The molecule has 0 unspecified atom stereocenters. The van der Waals surface area contributed by atoms with Crippen molar-refractivity contribution in [3.05, 3.63) is 35.4 Å². The Labute approximate surface area is 95.0 Å². The second-order valence-corrected chi connectivity index (χ2v) is 4.56. The van der Waals surface area contributed by atoms with Crippen LogP contribution in [0.5, 0.6) is 0 Å². The van der Waals surface area contributed by atoms with Gasteiger partial charge in [0.2, 0.25) is 0 Å². The number of hydrogen-bond acceptors (Lipinski definition) is 2. The molecular formula is C13H16O3. The highest BCUT2D eigenvalue weighted by Gasteiger charge is 2.50. The summed E-state index contributed by atoms with van der Waals surface area (Å²) in [7, 11) is 0. The summed E-state index contributed by atoms with van der Waals surface area (Å²) in [5.74, 6) is -0.726. The Morgan fingerprint density at radius 3 is 2.50 bits per heavy atom. The molecule has 1 aromatic carbocycles. The van der Waals surface area contributed by atoms with Crippen LogP contribution in [0.4, 0.5) is 0 Å². The molecule has 3 heteroatoms. The van der Waals surface area contributed by atoms with E-state index in [1.165, 1.54) is 5.56 Å². The lowest BCUT2D eigenvalue weighted by atomic mass is 10.1. The van der Waals surface area contributed by atoms with Gasteiger partial charge < -0.3 is 9.84 Å². The summed E-state index contributed by atoms with van der Waals surface area (Å²) in [5, 5.41) is 8.96. The highest BCUT2D eigenvalue weighted by molar-refractivity contribution is 5.77. The molecule has 0 bridgehead atoms. The molecule has 1 aliphatic carbocycles. The van der Waals surface area contributed by atoms with Crippen LogP contribution in [-0.4, -0.2) is 17.7 Å². The first-order chi connectivity index (χ1) is 7.62. The molecule has 1 N–H and O–H groups in total. The maximum absolute atomic E-state index is 10.9. The number of carboxylic acid groups (broad SMARTS) is 1. The highest BCUT2D eigenvalue weighted by atomic mass is 16.5. The quantitative estimate of drug-likeness (QED) is 0.828. The maximum Gasteiger partial charge on any atom is 0.311 e. The third kappa shape index (κ3) is 2.42. The molecule has 1 aliphatic rings. The van der Waals surface area contributed by atoms with E-state index in [4.69, 9.17) is 9.84 Å². The fourth-order valence-electron chi connectivity index (χ4n) is 1.62. The predicted molar refractivity (Wildman–Crippen MR) is 60.1 cm³/mol. The summed E-state index contributed by atoms with van der Waals surface area (Å²) in [5.41, 5.74) is 1.73. The van der Waals surface area contributed by atoms with Crippen LogP contribution in [-0.2, 0) is 16.1 Å². The van der Waals surface area contributed by atoms with Crippen LogP contribution in [0.15, 0.2) is 24.3 Å². The molecule has 0 aromatic heterocycles. The summed E-state index contributed by atoms with van der Waals surface area (Å²) in [4.78, 5) is 10.9. The van der Waals surface area contributed by atoms with Gasteiger partial charge in [-0.3, -0.25) is 4.79 Å². The first-order valence-electron chi connectivity index (χ1n) is 5.49. The Bertz CT molecular complexity index is 377. The third-order valence-electron chi connectivity index (χ3n) is 3.07. The number of carboxylic acids is 1. The van der Waals surface area contributed by atoms with Crippen LogP contribution >= 0.6 is 0 Å². The van der Waals surface area contributed by atoms with E-state index in [1.54, 1.807) is 0 Å². The number of hydrogen-bond donors (Lipinski definition) is 1. The van der Waals surface area contributed by atoms with Crippen LogP contribution in [0.25, 0.3) is 0 Å². The number of carbonyl (C=O) groups is 1. The maximum atomic E-state index is 10.9. The Balaban J connectivity index is 1.80. The molecule has 0 radical (unpaired) electrons. The van der Waals surface area contributed by atoms with Gasteiger partial charge in [0.15, 0.2) is 0 Å². The van der Waals surface area contributed by atoms with Crippen LogP contribution < -0.4 is 0 Å². The Hall–Kier alpha value is -1.35. The number of aliphatic carboxylic acids is 1. The van der Waals surface area contributed by atoms with Gasteiger partial charge in [0.1, 0.15) is 0 Å². The average Bonchev–Trinajstić information content (AvgIpc) is 3.02. The van der Waals surface area contributed by atoms with Gasteiger partial charge in [-0.15, -0.1) is 0 Å². The Morgan fingerprint density at radius 1 is 1.38 bits per heavy atom. The highest BCUT2D eigenvalue weighted by Crippen LogP contribution is 2.46. The van der Waals surface area contributed by atoms with Crippen LogP contribution in [0, 0.1) is 12.3 Å². The smallest absolute Gasteiger partial charge is 0.311 e. The van der Waals surface area contributed by atoms with Crippen molar-refractivity contribution in [1.82, 2.24) is 0 Å². The standard InChI is InChI=1S/C13H16O3/c1-10-2-4-11(5-3-10)8-16-9-13(6-7-13)12(14)15/h2-5H,6-9H2,1H3,(H,14,15). The first kappa shape index (κ1) is 11.1. The van der Waals surface area contributed by atoms with Crippen molar-refractivity contribution in [1.29, 1.82) is 0 Å². The van der Waals surface area contributed by atoms with E-state index in [1.807, 2.05) is 31.2 Å². The minimum Gasteiger partial charge on any atom is -0.481 e. The molecule has 86 valence electrons. The summed E-state index contributed by atoms with van der Waals surface area (Å²) < 4.78 is 5.47. The molecule has 1 aromatic rings. The van der Waals surface area contributed by atoms with E-state index >= 15 is 0 Å². The zero-order valence-electron chi connectivity index (χ0n) is 9.40. The van der Waals surface area contributed by atoms with E-state index in [-0.39, 0.29) is 0 Å². The van der Waals surface area contributed by atoms with Crippen molar-refractivity contribution in [2.24, 2.45) is 5.41 Å². The SMILES string of the molecule is Cc1ccc(COCC2(C(=O)O)CC2)cc1. The average molecular weight is 220 g/mol. The van der Waals surface area contributed by atoms with Crippen molar-refractivity contribution in [2.45, 2.75) is 26.4 Å². The van der Waals surface area contributed by atoms with E-state index in [9.17, 15) is 4.79 Å². The van der Waals surface area contributed by atoms with Crippen LogP contribution in [0.1, 0.15) is 24.0 Å². The largest absolute Gasteiger partial charge is 0.481 e. The second-order valence-electron chi connectivity index (χ2n) is 4.56. The molecule has 1 saturated carbocycles. The lowest BCUT2D eigenvalue weighted by molar-refractivity contribution is -0.146. The normalized spacial score (nSPS) is 17.1. The van der Waals surface area contributed by atoms with Gasteiger partial charge in [0, 0.05) is 0 Å². The predicted octanol–water partition coefficient (Wildman–Crippen LogP) is 2.38. The van der Waals surface area contributed by atoms with E-state index < -0.39 is 11.4 Å². The fraction of sp³-hybridized carbons (Fsp3) is 0.462. The zero-order chi connectivity index (χ0) is 11.6. The van der Waals surface area contributed by atoms with E-state index in [0.29, 0.717) is 13.2 Å². The molecule has 2 rings (SSSR count). The number of rotatable bonds is 5. The Morgan fingerprint density at radius 2 is 2.00 bits per heavy atom. The van der Waals surface area contributed by atoms with E-state index in [2.05, 4.69) is 0 Å². The summed E-state index contributed by atoms with van der Waals surface area (Å²) >= 11 is 0. The number of benzene rings is 1. The van der Waals surface area contributed by atoms with Crippen molar-refractivity contribution in [3.63, 3.8) is 0 Å². The van der Waals surface area contributed by atoms with Crippen LogP contribution in [0.3, 0.4) is 0 Å². The first-order valence-corrected chi connectivity index (χ1v) is 5.49. The Kier molecular flexibility index (Phi) is 2.97. The summed E-state index contributed by atoms with van der Waals surface area (Å²) in [6, 6.07) is 8.08. The molecule has 0 amide bonds. The summed E-state index contributed by atoms with van der Waals surface area (Å²) in [6.07, 6.45) is 1.49. The van der Waals surface area contributed by atoms with Gasteiger partial charge in [0.05, 0.1) is 18.6 Å². The van der Waals surface area contributed by atoms with Gasteiger partial charge in [-0.25, -0.2) is 0 Å². The molecule has 16 heavy (non-hydrogen) atoms. The zero-order valence-corrected chi connectivity index (χ0v) is 9.40.